The number of carbonyl (C=O) groups excluding carboxylic acids is 2. The standard InChI is InChI=1S/C44H43O4P.BrH/c45-42-39-26-16-17-27-40(39)43(46)44(47)41(42)34-28-30-35(31-29-34)48-32-18-5-3-1-2-4-6-19-33-49(36-20-10-7-11-21-36,37-22-12-8-13-23-37)38-24-14-9-15-25-38;/h7-17,20-31H,1-6,18-19,32-33H2;1H. The third-order valence-corrected chi connectivity index (χ3v) is 14.0. The molecule has 0 spiro atoms. The lowest BCUT2D eigenvalue weighted by Crippen LogP contribution is -3.00. The van der Waals surface area contributed by atoms with Gasteiger partial charge in [-0.2, -0.15) is 0 Å². The lowest BCUT2D eigenvalue weighted by Gasteiger charge is -2.27. The second kappa shape index (κ2) is 18.1. The largest absolute Gasteiger partial charge is 1.00 e. The minimum atomic E-state index is -1.74. The van der Waals surface area contributed by atoms with E-state index in [-0.39, 0.29) is 33.9 Å². The summed E-state index contributed by atoms with van der Waals surface area (Å²) in [7, 11) is -1.74. The Bertz CT molecular complexity index is 1780. The minimum absolute atomic E-state index is 0. The number of aliphatic hydroxyl groups excluding tert-OH is 1. The van der Waals surface area contributed by atoms with E-state index >= 15 is 0 Å². The number of benzene rings is 5. The summed E-state index contributed by atoms with van der Waals surface area (Å²) in [4.78, 5) is 25.3. The van der Waals surface area contributed by atoms with Gasteiger partial charge in [0.1, 0.15) is 34.7 Å². The molecule has 0 radical (unpaired) electrons. The first-order valence-corrected chi connectivity index (χ1v) is 19.5. The van der Waals surface area contributed by atoms with Crippen molar-refractivity contribution in [1.82, 2.24) is 0 Å². The number of hydrogen-bond acceptors (Lipinski definition) is 4. The highest BCUT2D eigenvalue weighted by atomic mass is 79.9. The zero-order chi connectivity index (χ0) is 33.9. The molecule has 0 aromatic heterocycles. The van der Waals surface area contributed by atoms with Gasteiger partial charge in [0.05, 0.1) is 18.3 Å². The first-order chi connectivity index (χ1) is 24.1. The fourth-order valence-corrected chi connectivity index (χ4v) is 11.3. The van der Waals surface area contributed by atoms with Gasteiger partial charge >= 0.3 is 0 Å². The summed E-state index contributed by atoms with van der Waals surface area (Å²) in [5, 5.41) is 15.2. The Hall–Kier alpha value is -4.31. The minimum Gasteiger partial charge on any atom is -1.00 e. The van der Waals surface area contributed by atoms with Crippen LogP contribution in [0, 0.1) is 0 Å². The van der Waals surface area contributed by atoms with Crippen LogP contribution in [0.4, 0.5) is 0 Å². The number of fused-ring (bicyclic) bond motifs is 1. The quantitative estimate of drug-likeness (QED) is 0.0724. The topological polar surface area (TPSA) is 63.6 Å². The number of carbonyl (C=O) groups is 2. The van der Waals surface area contributed by atoms with Crippen molar-refractivity contribution in [2.75, 3.05) is 12.8 Å². The summed E-state index contributed by atoms with van der Waals surface area (Å²) in [5.74, 6) is -0.735. The molecule has 1 aliphatic carbocycles. The molecular formula is C44H44BrO4P. The van der Waals surface area contributed by atoms with Gasteiger partial charge in [-0.25, -0.2) is 0 Å². The van der Waals surface area contributed by atoms with Crippen molar-refractivity contribution in [3.63, 3.8) is 0 Å². The summed E-state index contributed by atoms with van der Waals surface area (Å²) in [6.07, 6.45) is 10.7. The second-order valence-electron chi connectivity index (χ2n) is 12.7. The number of ketones is 2. The maximum Gasteiger partial charge on any atom is 0.237 e. The third-order valence-electron chi connectivity index (χ3n) is 9.49. The lowest BCUT2D eigenvalue weighted by molar-refractivity contribution is -0.110. The van der Waals surface area contributed by atoms with Crippen molar-refractivity contribution in [2.45, 2.75) is 51.4 Å². The van der Waals surface area contributed by atoms with E-state index in [4.69, 9.17) is 4.74 Å². The van der Waals surface area contributed by atoms with E-state index in [0.717, 1.165) is 12.8 Å². The zero-order valence-corrected chi connectivity index (χ0v) is 30.8. The molecule has 0 saturated carbocycles. The van der Waals surface area contributed by atoms with Gasteiger partial charge in [-0.3, -0.25) is 9.59 Å². The Labute approximate surface area is 307 Å². The number of ether oxygens (including phenoxy) is 1. The Morgan fingerprint density at radius 3 is 1.44 bits per heavy atom. The Morgan fingerprint density at radius 1 is 0.480 bits per heavy atom. The van der Waals surface area contributed by atoms with Gasteiger partial charge in [0.2, 0.25) is 11.6 Å². The van der Waals surface area contributed by atoms with Crippen LogP contribution >= 0.6 is 7.26 Å². The summed E-state index contributed by atoms with van der Waals surface area (Å²) < 4.78 is 5.95. The number of Topliss-reactive ketones (excluding diaryl/α,β-unsaturated/α-hetero) is 2. The van der Waals surface area contributed by atoms with Crippen LogP contribution < -0.4 is 37.6 Å². The van der Waals surface area contributed by atoms with E-state index in [9.17, 15) is 14.7 Å². The normalized spacial score (nSPS) is 12.7. The zero-order valence-electron chi connectivity index (χ0n) is 28.3. The fraction of sp³-hybridized carbons (Fsp3) is 0.227. The molecule has 6 rings (SSSR count). The van der Waals surface area contributed by atoms with E-state index in [0.29, 0.717) is 23.5 Å². The van der Waals surface area contributed by atoms with Gasteiger partial charge in [0, 0.05) is 11.1 Å². The molecule has 0 aliphatic heterocycles. The molecule has 0 unspecified atom stereocenters. The smallest absolute Gasteiger partial charge is 0.237 e. The van der Waals surface area contributed by atoms with Crippen LogP contribution in [-0.4, -0.2) is 29.4 Å². The number of halogens is 1. The fourth-order valence-electron chi connectivity index (χ4n) is 6.93. The summed E-state index contributed by atoms with van der Waals surface area (Å²) >= 11 is 0. The summed E-state index contributed by atoms with van der Waals surface area (Å²) in [6.45, 7) is 0.627. The summed E-state index contributed by atoms with van der Waals surface area (Å²) in [6, 6.07) is 47.2. The highest BCUT2D eigenvalue weighted by molar-refractivity contribution is 7.95. The van der Waals surface area contributed by atoms with Crippen molar-refractivity contribution in [3.05, 3.63) is 156 Å². The van der Waals surface area contributed by atoms with Gasteiger partial charge in [-0.05, 0) is 73.4 Å². The molecule has 4 nitrogen and oxygen atoms in total. The first-order valence-electron chi connectivity index (χ1n) is 17.5. The van der Waals surface area contributed by atoms with Gasteiger partial charge in [-0.15, -0.1) is 0 Å². The number of unbranched alkanes of at least 4 members (excludes halogenated alkanes) is 7. The maximum absolute atomic E-state index is 12.8. The van der Waals surface area contributed by atoms with Crippen molar-refractivity contribution < 1.29 is 36.4 Å². The predicted octanol–water partition coefficient (Wildman–Crippen LogP) is 6.38. The highest BCUT2D eigenvalue weighted by Crippen LogP contribution is 2.56. The molecule has 0 bridgehead atoms. The second-order valence-corrected chi connectivity index (χ2v) is 16.3. The molecule has 0 fully saturated rings. The van der Waals surface area contributed by atoms with Crippen LogP contribution in [0.15, 0.2) is 140 Å². The number of hydrogen-bond donors (Lipinski definition) is 1. The molecule has 5 aromatic carbocycles. The van der Waals surface area contributed by atoms with Crippen LogP contribution in [0.1, 0.15) is 72.9 Å². The lowest BCUT2D eigenvalue weighted by atomic mass is 9.85. The molecule has 6 heteroatoms. The van der Waals surface area contributed by atoms with Crippen LogP contribution in [-0.2, 0) is 4.79 Å². The average molecular weight is 748 g/mol. The van der Waals surface area contributed by atoms with E-state index in [2.05, 4.69) is 91.0 Å². The molecule has 50 heavy (non-hydrogen) atoms. The van der Waals surface area contributed by atoms with Crippen molar-refractivity contribution in [1.29, 1.82) is 0 Å². The Kier molecular flexibility index (Phi) is 13.4. The molecule has 0 amide bonds. The highest BCUT2D eigenvalue weighted by Gasteiger charge is 2.44. The molecular weight excluding hydrogens is 703 g/mol. The third kappa shape index (κ3) is 8.34. The summed E-state index contributed by atoms with van der Waals surface area (Å²) in [5.41, 5.74) is 1.17. The molecule has 1 N–H and O–H groups in total. The molecule has 0 atom stereocenters. The van der Waals surface area contributed by atoms with Gasteiger partial charge in [-0.1, -0.05) is 123 Å². The van der Waals surface area contributed by atoms with Gasteiger partial charge in [0.15, 0.2) is 0 Å². The van der Waals surface area contributed by atoms with Crippen LogP contribution in [0.2, 0.25) is 0 Å². The predicted molar refractivity (Wildman–Crippen MR) is 204 cm³/mol. The number of rotatable bonds is 16. The van der Waals surface area contributed by atoms with Gasteiger partial charge < -0.3 is 26.8 Å². The molecule has 0 heterocycles. The van der Waals surface area contributed by atoms with Crippen molar-refractivity contribution in [2.24, 2.45) is 0 Å². The molecule has 5 aromatic rings. The van der Waals surface area contributed by atoms with Crippen molar-refractivity contribution >= 4 is 46.1 Å². The Balaban J connectivity index is 0.00000486. The monoisotopic (exact) mass is 746 g/mol. The van der Waals surface area contributed by atoms with Crippen LogP contribution in [0.25, 0.3) is 11.3 Å². The van der Waals surface area contributed by atoms with E-state index in [1.165, 1.54) is 60.6 Å². The first kappa shape index (κ1) is 37.0. The molecule has 1 aliphatic rings. The van der Waals surface area contributed by atoms with E-state index in [1.54, 1.807) is 48.5 Å². The number of aliphatic hydroxyl groups is 1. The average Bonchev–Trinajstić information content (AvgIpc) is 3.16. The van der Waals surface area contributed by atoms with Crippen LogP contribution in [0.5, 0.6) is 5.75 Å². The van der Waals surface area contributed by atoms with Gasteiger partial charge in [0.25, 0.3) is 0 Å². The van der Waals surface area contributed by atoms with E-state index in [1.807, 2.05) is 0 Å². The van der Waals surface area contributed by atoms with Crippen molar-refractivity contribution in [3.8, 4) is 5.75 Å². The molecule has 0 saturated heterocycles. The SMILES string of the molecule is O=C1C(=O)c2ccccc2C(O)=C1c1ccc(OCCCCCCCCCC[P+](c2ccccc2)(c2ccccc2)c2ccccc2)cc1.[Br-]. The van der Waals surface area contributed by atoms with Crippen LogP contribution in [0.3, 0.4) is 0 Å². The Morgan fingerprint density at radius 2 is 0.920 bits per heavy atom. The molecule has 256 valence electrons. The maximum atomic E-state index is 12.8. The van der Waals surface area contributed by atoms with E-state index < -0.39 is 18.8 Å². The number of allylic oxidation sites excluding steroid dienone is 1.